The normalized spacial score (nSPS) is 16.0. The Labute approximate surface area is 136 Å². The maximum atomic E-state index is 12.5. The average Bonchev–Trinajstić information content (AvgIpc) is 2.48. The molecule has 1 aliphatic rings. The van der Waals surface area contributed by atoms with Crippen LogP contribution < -0.4 is 0 Å². The number of benzene rings is 1. The van der Waals surface area contributed by atoms with Gasteiger partial charge in [0.1, 0.15) is 0 Å². The highest BCUT2D eigenvalue weighted by molar-refractivity contribution is 14.1. The summed E-state index contributed by atoms with van der Waals surface area (Å²) in [4.78, 5) is 24.7. The zero-order valence-electron chi connectivity index (χ0n) is 11.8. The fraction of sp³-hybridized carbons (Fsp3) is 0.500. The molecule has 0 N–H and O–H groups in total. The number of ether oxygens (including phenoxy) is 1. The lowest BCUT2D eigenvalue weighted by Gasteiger charge is -2.31. The fourth-order valence-corrected chi connectivity index (χ4v) is 3.07. The van der Waals surface area contributed by atoms with Gasteiger partial charge in [0, 0.05) is 42.5 Å². The first-order valence-corrected chi connectivity index (χ1v) is 7.83. The Morgan fingerprint density at radius 2 is 2.14 bits per heavy atom. The molecule has 7 heteroatoms. The van der Waals surface area contributed by atoms with Crippen LogP contribution in [-0.4, -0.2) is 42.5 Å². The van der Waals surface area contributed by atoms with Gasteiger partial charge in [-0.25, -0.2) is 0 Å². The number of nitrogens with zero attached hydrogens (tertiary/aromatic N) is 2. The van der Waals surface area contributed by atoms with Gasteiger partial charge in [-0.15, -0.1) is 0 Å². The number of hydrogen-bond donors (Lipinski definition) is 0. The van der Waals surface area contributed by atoms with E-state index < -0.39 is 4.92 Å². The molecule has 0 radical (unpaired) electrons. The standard InChI is InChI=1S/C14H17IN2O4/c1-21-9-10-4-6-16(7-5-10)14(18)12-8-11(17(19)20)2-3-13(12)15/h2-3,8,10H,4-7,9H2,1H3. The van der Waals surface area contributed by atoms with Crippen molar-refractivity contribution in [1.29, 1.82) is 0 Å². The highest BCUT2D eigenvalue weighted by atomic mass is 127. The van der Waals surface area contributed by atoms with Crippen LogP contribution in [0.4, 0.5) is 5.69 Å². The number of carbonyl (C=O) groups is 1. The van der Waals surface area contributed by atoms with Gasteiger partial charge >= 0.3 is 0 Å². The van der Waals surface area contributed by atoms with Crippen molar-refractivity contribution in [3.05, 3.63) is 37.4 Å². The monoisotopic (exact) mass is 404 g/mol. The van der Waals surface area contributed by atoms with Gasteiger partial charge in [-0.2, -0.15) is 0 Å². The first-order valence-electron chi connectivity index (χ1n) is 6.75. The number of halogens is 1. The highest BCUT2D eigenvalue weighted by Gasteiger charge is 2.25. The van der Waals surface area contributed by atoms with Crippen molar-refractivity contribution in [2.75, 3.05) is 26.8 Å². The molecule has 0 spiro atoms. The molecule has 21 heavy (non-hydrogen) atoms. The van der Waals surface area contributed by atoms with Crippen LogP contribution >= 0.6 is 22.6 Å². The molecule has 0 bridgehead atoms. The van der Waals surface area contributed by atoms with Gasteiger partial charge in [-0.3, -0.25) is 14.9 Å². The molecule has 1 aliphatic heterocycles. The van der Waals surface area contributed by atoms with Gasteiger partial charge < -0.3 is 9.64 Å². The van der Waals surface area contributed by atoms with Crippen molar-refractivity contribution in [3.8, 4) is 0 Å². The van der Waals surface area contributed by atoms with Crippen molar-refractivity contribution in [2.45, 2.75) is 12.8 Å². The number of methoxy groups -OCH3 is 1. The van der Waals surface area contributed by atoms with Crippen LogP contribution in [0.3, 0.4) is 0 Å². The molecule has 1 amide bonds. The minimum atomic E-state index is -0.475. The molecule has 0 unspecified atom stereocenters. The number of hydrogen-bond acceptors (Lipinski definition) is 4. The Morgan fingerprint density at radius 3 is 2.71 bits per heavy atom. The number of carbonyl (C=O) groups excluding carboxylic acids is 1. The SMILES string of the molecule is COCC1CCN(C(=O)c2cc([N+](=O)[O-])ccc2I)CC1. The predicted octanol–water partition coefficient (Wildman–Crippen LogP) is 2.70. The van der Waals surface area contributed by atoms with Crippen LogP contribution in [0.25, 0.3) is 0 Å². The number of nitro benzene ring substituents is 1. The van der Waals surface area contributed by atoms with Gasteiger partial charge in [-0.05, 0) is 47.4 Å². The van der Waals surface area contributed by atoms with Gasteiger partial charge in [0.25, 0.3) is 11.6 Å². The lowest BCUT2D eigenvalue weighted by Crippen LogP contribution is -2.39. The van der Waals surface area contributed by atoms with E-state index in [9.17, 15) is 14.9 Å². The minimum absolute atomic E-state index is 0.0481. The number of amides is 1. The van der Waals surface area contributed by atoms with Crippen molar-refractivity contribution in [1.82, 2.24) is 4.90 Å². The lowest BCUT2D eigenvalue weighted by atomic mass is 9.97. The van der Waals surface area contributed by atoms with Gasteiger partial charge in [0.2, 0.25) is 0 Å². The average molecular weight is 404 g/mol. The smallest absolute Gasteiger partial charge is 0.270 e. The third-order valence-corrected chi connectivity index (χ3v) is 4.64. The summed E-state index contributed by atoms with van der Waals surface area (Å²) in [5, 5.41) is 10.8. The van der Waals surface area contributed by atoms with Crippen LogP contribution in [0.15, 0.2) is 18.2 Å². The van der Waals surface area contributed by atoms with Gasteiger partial charge in [0.15, 0.2) is 0 Å². The third kappa shape index (κ3) is 3.91. The highest BCUT2D eigenvalue weighted by Crippen LogP contribution is 2.24. The summed E-state index contributed by atoms with van der Waals surface area (Å²) in [6, 6.07) is 4.40. The van der Waals surface area contributed by atoms with Crippen molar-refractivity contribution < 1.29 is 14.5 Å². The molecule has 1 fully saturated rings. The summed E-state index contributed by atoms with van der Waals surface area (Å²) >= 11 is 2.04. The zero-order chi connectivity index (χ0) is 15.4. The molecule has 2 rings (SSSR count). The fourth-order valence-electron chi connectivity index (χ4n) is 2.50. The van der Waals surface area contributed by atoms with Crippen LogP contribution in [0.1, 0.15) is 23.2 Å². The largest absolute Gasteiger partial charge is 0.384 e. The minimum Gasteiger partial charge on any atom is -0.384 e. The maximum Gasteiger partial charge on any atom is 0.270 e. The molecule has 6 nitrogen and oxygen atoms in total. The first-order chi connectivity index (χ1) is 10.0. The van der Waals surface area contributed by atoms with Crippen LogP contribution in [0.2, 0.25) is 0 Å². The molecular formula is C14H17IN2O4. The van der Waals surface area contributed by atoms with Gasteiger partial charge in [0.05, 0.1) is 10.5 Å². The summed E-state index contributed by atoms with van der Waals surface area (Å²) in [7, 11) is 1.68. The predicted molar refractivity (Wildman–Crippen MR) is 86.3 cm³/mol. The van der Waals surface area contributed by atoms with E-state index in [1.54, 1.807) is 18.1 Å². The summed E-state index contributed by atoms with van der Waals surface area (Å²) in [5.74, 6) is 0.363. The Bertz CT molecular complexity index is 542. The molecule has 1 heterocycles. The van der Waals surface area contributed by atoms with Crippen molar-refractivity contribution in [3.63, 3.8) is 0 Å². The number of nitro groups is 1. The van der Waals surface area contributed by atoms with Crippen LogP contribution in [0.5, 0.6) is 0 Å². The summed E-state index contributed by atoms with van der Waals surface area (Å²) in [5.41, 5.74) is 0.364. The zero-order valence-corrected chi connectivity index (χ0v) is 13.9. The molecule has 1 aromatic carbocycles. The molecule has 1 aromatic rings. The van der Waals surface area contributed by atoms with E-state index >= 15 is 0 Å². The number of likely N-dealkylation sites (tertiary alicyclic amines) is 1. The Balaban J connectivity index is 2.10. The summed E-state index contributed by atoms with van der Waals surface area (Å²) < 4.78 is 5.88. The van der Waals surface area contributed by atoms with Crippen molar-refractivity contribution >= 4 is 34.2 Å². The molecule has 0 saturated carbocycles. The third-order valence-electron chi connectivity index (χ3n) is 3.70. The van der Waals surface area contributed by atoms with Crippen molar-refractivity contribution in [2.24, 2.45) is 5.92 Å². The topological polar surface area (TPSA) is 72.7 Å². The van der Waals surface area contributed by atoms with E-state index in [0.29, 0.717) is 24.6 Å². The molecule has 1 saturated heterocycles. The van der Waals surface area contributed by atoms with Gasteiger partial charge in [-0.1, -0.05) is 0 Å². The van der Waals surface area contributed by atoms with E-state index in [0.717, 1.165) is 23.0 Å². The summed E-state index contributed by atoms with van der Waals surface area (Å²) in [6.45, 7) is 2.06. The Hall–Kier alpha value is -1.22. The molecule has 0 aromatic heterocycles. The lowest BCUT2D eigenvalue weighted by molar-refractivity contribution is -0.384. The van der Waals surface area contributed by atoms with E-state index in [4.69, 9.17) is 4.74 Å². The van der Waals surface area contributed by atoms with E-state index in [1.165, 1.54) is 12.1 Å². The molecule has 0 aliphatic carbocycles. The van der Waals surface area contributed by atoms with E-state index in [1.807, 2.05) is 22.6 Å². The van der Waals surface area contributed by atoms with E-state index in [-0.39, 0.29) is 11.6 Å². The van der Waals surface area contributed by atoms with Crippen LogP contribution in [0, 0.1) is 19.6 Å². The second kappa shape index (κ2) is 7.17. The quantitative estimate of drug-likeness (QED) is 0.440. The van der Waals surface area contributed by atoms with Crippen LogP contribution in [-0.2, 0) is 4.74 Å². The molecule has 114 valence electrons. The number of non-ortho nitro benzene ring substituents is 1. The molecule has 0 atom stereocenters. The Morgan fingerprint density at radius 1 is 1.48 bits per heavy atom. The second-order valence-corrected chi connectivity index (χ2v) is 6.27. The summed E-state index contributed by atoms with van der Waals surface area (Å²) in [6.07, 6.45) is 1.82. The number of piperidine rings is 1. The first kappa shape index (κ1) is 16.2. The molecular weight excluding hydrogens is 387 g/mol. The maximum absolute atomic E-state index is 12.5. The van der Waals surface area contributed by atoms with E-state index in [2.05, 4.69) is 0 Å². The Kier molecular flexibility index (Phi) is 5.51. The number of rotatable bonds is 4. The second-order valence-electron chi connectivity index (χ2n) is 5.11.